The lowest BCUT2D eigenvalue weighted by Crippen LogP contribution is -2.12. The Hall–Kier alpha value is -1.55. The molecule has 0 saturated heterocycles. The normalized spacial score (nSPS) is 10.1. The maximum atomic E-state index is 11.5. The van der Waals surface area contributed by atoms with E-state index in [4.69, 9.17) is 9.84 Å². The fourth-order valence-electron chi connectivity index (χ4n) is 1.60. The topological polar surface area (TPSA) is 58.6 Å². The summed E-state index contributed by atoms with van der Waals surface area (Å²) in [6, 6.07) is 5.57. The molecule has 0 aliphatic rings. The first-order valence-electron chi connectivity index (χ1n) is 5.78. The number of anilines is 1. The Labute approximate surface area is 102 Å². The number of aliphatic hydroxyl groups is 1. The molecule has 0 fully saturated rings. The Bertz CT molecular complexity index is 377. The smallest absolute Gasteiger partial charge is 0.224 e. The van der Waals surface area contributed by atoms with E-state index in [1.54, 1.807) is 7.11 Å². The first kappa shape index (κ1) is 13.5. The monoisotopic (exact) mass is 237 g/mol. The van der Waals surface area contributed by atoms with E-state index in [2.05, 4.69) is 5.32 Å². The van der Waals surface area contributed by atoms with Gasteiger partial charge in [0.15, 0.2) is 0 Å². The first-order valence-corrected chi connectivity index (χ1v) is 5.78. The van der Waals surface area contributed by atoms with E-state index in [9.17, 15) is 4.79 Å². The third kappa shape index (κ3) is 4.07. The van der Waals surface area contributed by atoms with Gasteiger partial charge in [-0.15, -0.1) is 0 Å². The highest BCUT2D eigenvalue weighted by molar-refractivity contribution is 5.90. The van der Waals surface area contributed by atoms with Crippen LogP contribution in [0, 0.1) is 0 Å². The van der Waals surface area contributed by atoms with Crippen molar-refractivity contribution in [2.45, 2.75) is 26.2 Å². The lowest BCUT2D eigenvalue weighted by molar-refractivity contribution is -0.116. The molecule has 0 bridgehead atoms. The number of hydrogen-bond donors (Lipinski definition) is 2. The molecule has 0 saturated carbocycles. The van der Waals surface area contributed by atoms with Crippen LogP contribution in [-0.2, 0) is 11.2 Å². The van der Waals surface area contributed by atoms with Gasteiger partial charge in [0.1, 0.15) is 5.75 Å². The maximum Gasteiger partial charge on any atom is 0.224 e. The van der Waals surface area contributed by atoms with Gasteiger partial charge in [-0.1, -0.05) is 6.92 Å². The number of amides is 1. The summed E-state index contributed by atoms with van der Waals surface area (Å²) >= 11 is 0. The Morgan fingerprint density at radius 2 is 2.24 bits per heavy atom. The zero-order chi connectivity index (χ0) is 12.7. The number of nitrogens with one attached hydrogen (secondary N) is 1. The highest BCUT2D eigenvalue weighted by Gasteiger charge is 2.05. The molecule has 2 N–H and O–H groups in total. The molecule has 4 heteroatoms. The Morgan fingerprint density at radius 3 is 2.82 bits per heavy atom. The van der Waals surface area contributed by atoms with E-state index in [0.717, 1.165) is 23.4 Å². The molecule has 94 valence electrons. The third-order valence-electron chi connectivity index (χ3n) is 2.51. The molecule has 1 aromatic carbocycles. The van der Waals surface area contributed by atoms with Gasteiger partial charge >= 0.3 is 0 Å². The minimum absolute atomic E-state index is 0.0379. The number of carbonyl (C=O) groups is 1. The van der Waals surface area contributed by atoms with Gasteiger partial charge in [0, 0.05) is 18.7 Å². The average molecular weight is 237 g/mol. The maximum absolute atomic E-state index is 11.5. The SMILES string of the molecule is CCc1cc(NC(=O)CCCO)ccc1OC. The van der Waals surface area contributed by atoms with Crippen LogP contribution < -0.4 is 10.1 Å². The van der Waals surface area contributed by atoms with Gasteiger partial charge in [-0.25, -0.2) is 0 Å². The molecular formula is C13H19NO3. The molecule has 0 heterocycles. The van der Waals surface area contributed by atoms with Crippen molar-refractivity contribution in [1.82, 2.24) is 0 Å². The summed E-state index contributed by atoms with van der Waals surface area (Å²) in [4.78, 5) is 11.5. The summed E-state index contributed by atoms with van der Waals surface area (Å²) in [6.45, 7) is 2.07. The van der Waals surface area contributed by atoms with E-state index in [-0.39, 0.29) is 12.5 Å². The van der Waals surface area contributed by atoms with Gasteiger partial charge in [-0.05, 0) is 36.6 Å². The zero-order valence-corrected chi connectivity index (χ0v) is 10.3. The second kappa shape index (κ2) is 6.91. The molecule has 4 nitrogen and oxygen atoms in total. The fraction of sp³-hybridized carbons (Fsp3) is 0.462. The number of aryl methyl sites for hydroxylation is 1. The van der Waals surface area contributed by atoms with Crippen molar-refractivity contribution in [3.05, 3.63) is 23.8 Å². The molecule has 0 spiro atoms. The van der Waals surface area contributed by atoms with Crippen molar-refractivity contribution in [3.8, 4) is 5.75 Å². The zero-order valence-electron chi connectivity index (χ0n) is 10.3. The lowest BCUT2D eigenvalue weighted by atomic mass is 10.1. The summed E-state index contributed by atoms with van der Waals surface area (Å²) < 4.78 is 5.22. The van der Waals surface area contributed by atoms with Gasteiger partial charge in [0.05, 0.1) is 7.11 Å². The van der Waals surface area contributed by atoms with E-state index < -0.39 is 0 Å². The van der Waals surface area contributed by atoms with E-state index in [0.29, 0.717) is 12.8 Å². The first-order chi connectivity index (χ1) is 8.21. The summed E-state index contributed by atoms with van der Waals surface area (Å²) in [6.07, 6.45) is 1.68. The Balaban J connectivity index is 2.68. The summed E-state index contributed by atoms with van der Waals surface area (Å²) in [7, 11) is 1.63. The quantitative estimate of drug-likeness (QED) is 0.795. The van der Waals surface area contributed by atoms with Crippen molar-refractivity contribution in [2.75, 3.05) is 19.0 Å². The standard InChI is InChI=1S/C13H19NO3/c1-3-10-9-11(6-7-12(10)17-2)14-13(16)5-4-8-15/h6-7,9,15H,3-5,8H2,1-2H3,(H,14,16). The number of carbonyl (C=O) groups excluding carboxylic acids is 1. The fourth-order valence-corrected chi connectivity index (χ4v) is 1.60. The molecule has 0 atom stereocenters. The van der Waals surface area contributed by atoms with Gasteiger partial charge in [-0.2, -0.15) is 0 Å². The Morgan fingerprint density at radius 1 is 1.47 bits per heavy atom. The molecule has 0 aliphatic heterocycles. The highest BCUT2D eigenvalue weighted by Crippen LogP contribution is 2.23. The molecule has 1 rings (SSSR count). The van der Waals surface area contributed by atoms with Crippen LogP contribution in [0.5, 0.6) is 5.75 Å². The van der Waals surface area contributed by atoms with Crippen molar-refractivity contribution < 1.29 is 14.6 Å². The molecule has 17 heavy (non-hydrogen) atoms. The lowest BCUT2D eigenvalue weighted by Gasteiger charge is -2.10. The number of methoxy groups -OCH3 is 1. The van der Waals surface area contributed by atoms with E-state index >= 15 is 0 Å². The minimum Gasteiger partial charge on any atom is -0.496 e. The minimum atomic E-state index is -0.0775. The molecule has 0 aromatic heterocycles. The van der Waals surface area contributed by atoms with Crippen molar-refractivity contribution in [3.63, 3.8) is 0 Å². The van der Waals surface area contributed by atoms with Gasteiger partial charge in [0.25, 0.3) is 0 Å². The van der Waals surface area contributed by atoms with Crippen LogP contribution >= 0.6 is 0 Å². The van der Waals surface area contributed by atoms with Crippen molar-refractivity contribution in [2.24, 2.45) is 0 Å². The van der Waals surface area contributed by atoms with Crippen LogP contribution in [0.3, 0.4) is 0 Å². The largest absolute Gasteiger partial charge is 0.496 e. The predicted octanol–water partition coefficient (Wildman–Crippen LogP) is 1.97. The molecular weight excluding hydrogens is 218 g/mol. The van der Waals surface area contributed by atoms with Crippen LogP contribution in [-0.4, -0.2) is 24.7 Å². The van der Waals surface area contributed by atoms with Crippen LogP contribution in [0.25, 0.3) is 0 Å². The highest BCUT2D eigenvalue weighted by atomic mass is 16.5. The molecule has 0 unspecified atom stereocenters. The number of ether oxygens (including phenoxy) is 1. The Kier molecular flexibility index (Phi) is 5.49. The summed E-state index contributed by atoms with van der Waals surface area (Å²) in [5, 5.41) is 11.4. The molecule has 1 amide bonds. The second-order valence-electron chi connectivity index (χ2n) is 3.76. The number of hydrogen-bond acceptors (Lipinski definition) is 3. The van der Waals surface area contributed by atoms with E-state index in [1.165, 1.54) is 0 Å². The van der Waals surface area contributed by atoms with E-state index in [1.807, 2.05) is 25.1 Å². The van der Waals surface area contributed by atoms with Crippen molar-refractivity contribution >= 4 is 11.6 Å². The van der Waals surface area contributed by atoms with Crippen molar-refractivity contribution in [1.29, 1.82) is 0 Å². The molecule has 1 aromatic rings. The predicted molar refractivity (Wildman–Crippen MR) is 67.3 cm³/mol. The van der Waals surface area contributed by atoms with Crippen LogP contribution in [0.4, 0.5) is 5.69 Å². The molecule has 0 radical (unpaired) electrons. The van der Waals surface area contributed by atoms with Gasteiger partial charge < -0.3 is 15.2 Å². The molecule has 0 aliphatic carbocycles. The number of rotatable bonds is 6. The van der Waals surface area contributed by atoms with Crippen LogP contribution in [0.1, 0.15) is 25.3 Å². The number of benzene rings is 1. The van der Waals surface area contributed by atoms with Crippen LogP contribution in [0.15, 0.2) is 18.2 Å². The summed E-state index contributed by atoms with van der Waals surface area (Å²) in [5.74, 6) is 0.757. The summed E-state index contributed by atoms with van der Waals surface area (Å²) in [5.41, 5.74) is 1.83. The third-order valence-corrected chi connectivity index (χ3v) is 2.51. The second-order valence-corrected chi connectivity index (χ2v) is 3.76. The van der Waals surface area contributed by atoms with Crippen LogP contribution in [0.2, 0.25) is 0 Å². The van der Waals surface area contributed by atoms with Gasteiger partial charge in [0.2, 0.25) is 5.91 Å². The number of aliphatic hydroxyl groups excluding tert-OH is 1. The van der Waals surface area contributed by atoms with Gasteiger partial charge in [-0.3, -0.25) is 4.79 Å². The average Bonchev–Trinajstić information content (AvgIpc) is 2.36.